The van der Waals surface area contributed by atoms with E-state index in [4.69, 9.17) is 10.00 Å². The van der Waals surface area contributed by atoms with Crippen LogP contribution in [0.1, 0.15) is 24.8 Å². The number of nitriles is 1. The van der Waals surface area contributed by atoms with Gasteiger partial charge in [0.25, 0.3) is 5.91 Å². The van der Waals surface area contributed by atoms with Gasteiger partial charge < -0.3 is 9.64 Å². The van der Waals surface area contributed by atoms with E-state index < -0.39 is 0 Å². The highest BCUT2D eigenvalue weighted by atomic mass is 16.5. The molecule has 6 nitrogen and oxygen atoms in total. The summed E-state index contributed by atoms with van der Waals surface area (Å²) in [5.41, 5.74) is 0.573. The lowest BCUT2D eigenvalue weighted by atomic mass is 10.0. The van der Waals surface area contributed by atoms with E-state index in [1.54, 1.807) is 30.5 Å². The van der Waals surface area contributed by atoms with Gasteiger partial charge in [-0.05, 0) is 49.6 Å². The van der Waals surface area contributed by atoms with Crippen molar-refractivity contribution in [3.8, 4) is 11.8 Å². The third kappa shape index (κ3) is 3.93. The van der Waals surface area contributed by atoms with Gasteiger partial charge in [-0.25, -0.2) is 0 Å². The molecule has 1 aromatic heterocycles. The number of benzene rings is 1. The van der Waals surface area contributed by atoms with Crippen LogP contribution in [0.2, 0.25) is 0 Å². The summed E-state index contributed by atoms with van der Waals surface area (Å²) in [7, 11) is 0. The van der Waals surface area contributed by atoms with Crippen LogP contribution in [0.25, 0.3) is 0 Å². The van der Waals surface area contributed by atoms with E-state index in [1.165, 1.54) is 0 Å². The van der Waals surface area contributed by atoms with Gasteiger partial charge in [0, 0.05) is 18.9 Å². The Morgan fingerprint density at radius 3 is 2.88 bits per heavy atom. The number of hydrogen-bond acceptors (Lipinski definition) is 4. The Morgan fingerprint density at radius 1 is 1.33 bits per heavy atom. The van der Waals surface area contributed by atoms with Crippen LogP contribution >= 0.6 is 0 Å². The van der Waals surface area contributed by atoms with Gasteiger partial charge in [0.2, 0.25) is 0 Å². The first-order valence-corrected chi connectivity index (χ1v) is 8.16. The summed E-state index contributed by atoms with van der Waals surface area (Å²) in [5.74, 6) is 0.596. The predicted molar refractivity (Wildman–Crippen MR) is 88.2 cm³/mol. The monoisotopic (exact) mass is 324 g/mol. The summed E-state index contributed by atoms with van der Waals surface area (Å²) < 4.78 is 7.45. The summed E-state index contributed by atoms with van der Waals surface area (Å²) in [6.07, 6.45) is 6.82. The van der Waals surface area contributed by atoms with E-state index in [0.29, 0.717) is 11.3 Å². The Morgan fingerprint density at radius 2 is 2.17 bits per heavy atom. The average molecular weight is 324 g/mol. The Hall–Kier alpha value is -2.81. The van der Waals surface area contributed by atoms with Gasteiger partial charge in [-0.1, -0.05) is 0 Å². The first kappa shape index (κ1) is 16.1. The topological polar surface area (TPSA) is 71.2 Å². The molecule has 24 heavy (non-hydrogen) atoms. The zero-order chi connectivity index (χ0) is 16.8. The number of carbonyl (C=O) groups is 1. The number of ether oxygens (including phenoxy) is 1. The molecule has 2 heterocycles. The second-order valence-corrected chi connectivity index (χ2v) is 5.89. The number of rotatable bonds is 5. The molecule has 0 bridgehead atoms. The Labute approximate surface area is 141 Å². The molecule has 6 heteroatoms. The van der Waals surface area contributed by atoms with Crippen molar-refractivity contribution < 1.29 is 9.53 Å². The van der Waals surface area contributed by atoms with E-state index in [-0.39, 0.29) is 18.6 Å². The van der Waals surface area contributed by atoms with E-state index >= 15 is 0 Å². The summed E-state index contributed by atoms with van der Waals surface area (Å²) >= 11 is 0. The summed E-state index contributed by atoms with van der Waals surface area (Å²) in [5, 5.41) is 13.0. The van der Waals surface area contributed by atoms with Crippen LogP contribution in [0.4, 0.5) is 0 Å². The standard InChI is InChI=1S/C18H20N4O2/c19-12-15-5-7-17(8-6-15)24-14-18(23)22-11-2-1-4-16(22)13-21-10-3-9-20-21/h3,5-10,16H,1-2,4,11,13-14H2/t16-/m1/s1. The average Bonchev–Trinajstić information content (AvgIpc) is 3.13. The van der Waals surface area contributed by atoms with Crippen molar-refractivity contribution in [1.82, 2.24) is 14.7 Å². The van der Waals surface area contributed by atoms with Crippen LogP contribution < -0.4 is 4.74 Å². The predicted octanol–water partition coefficient (Wildman–Crippen LogP) is 2.21. The van der Waals surface area contributed by atoms with Crippen molar-refractivity contribution in [3.05, 3.63) is 48.3 Å². The van der Waals surface area contributed by atoms with E-state index in [2.05, 4.69) is 11.2 Å². The zero-order valence-corrected chi connectivity index (χ0v) is 13.5. The first-order valence-electron chi connectivity index (χ1n) is 8.16. The number of carbonyl (C=O) groups excluding carboxylic acids is 1. The molecular formula is C18H20N4O2. The summed E-state index contributed by atoms with van der Waals surface area (Å²) in [4.78, 5) is 14.5. The smallest absolute Gasteiger partial charge is 0.260 e. The maximum atomic E-state index is 12.6. The fraction of sp³-hybridized carbons (Fsp3) is 0.389. The van der Waals surface area contributed by atoms with Crippen LogP contribution in [-0.4, -0.2) is 39.8 Å². The van der Waals surface area contributed by atoms with Crippen LogP contribution in [0, 0.1) is 11.3 Å². The van der Waals surface area contributed by atoms with Crippen molar-refractivity contribution in [3.63, 3.8) is 0 Å². The zero-order valence-electron chi connectivity index (χ0n) is 13.5. The van der Waals surface area contributed by atoms with Crippen LogP contribution in [0.5, 0.6) is 5.75 Å². The Bertz CT molecular complexity index is 704. The van der Waals surface area contributed by atoms with Gasteiger partial charge >= 0.3 is 0 Å². The lowest BCUT2D eigenvalue weighted by molar-refractivity contribution is -0.137. The fourth-order valence-corrected chi connectivity index (χ4v) is 3.00. The van der Waals surface area contributed by atoms with E-state index in [0.717, 1.165) is 32.4 Å². The molecular weight excluding hydrogens is 304 g/mol. The highest BCUT2D eigenvalue weighted by Gasteiger charge is 2.27. The Kier molecular flexibility index (Phi) is 5.12. The molecule has 2 aromatic rings. The molecule has 1 aliphatic heterocycles. The quantitative estimate of drug-likeness (QED) is 0.845. The number of likely N-dealkylation sites (tertiary alicyclic amines) is 1. The third-order valence-electron chi connectivity index (χ3n) is 4.25. The van der Waals surface area contributed by atoms with Gasteiger partial charge in [-0.3, -0.25) is 9.48 Å². The number of amides is 1. The van der Waals surface area contributed by atoms with Crippen molar-refractivity contribution in [2.75, 3.05) is 13.2 Å². The molecule has 0 aliphatic carbocycles. The van der Waals surface area contributed by atoms with Crippen LogP contribution in [0.15, 0.2) is 42.7 Å². The molecule has 124 valence electrons. The third-order valence-corrected chi connectivity index (χ3v) is 4.25. The van der Waals surface area contributed by atoms with Crippen molar-refractivity contribution in [1.29, 1.82) is 5.26 Å². The largest absolute Gasteiger partial charge is 0.484 e. The maximum absolute atomic E-state index is 12.6. The molecule has 1 fully saturated rings. The van der Waals surface area contributed by atoms with Gasteiger partial charge in [0.05, 0.1) is 24.2 Å². The number of aromatic nitrogens is 2. The summed E-state index contributed by atoms with van der Waals surface area (Å²) in [6.45, 7) is 1.50. The molecule has 0 spiro atoms. The van der Waals surface area contributed by atoms with Crippen LogP contribution in [0.3, 0.4) is 0 Å². The molecule has 1 atom stereocenters. The lowest BCUT2D eigenvalue weighted by Gasteiger charge is -2.35. The van der Waals surface area contributed by atoms with Gasteiger partial charge in [-0.15, -0.1) is 0 Å². The molecule has 1 aromatic carbocycles. The lowest BCUT2D eigenvalue weighted by Crippen LogP contribution is -2.47. The number of piperidine rings is 1. The maximum Gasteiger partial charge on any atom is 0.260 e. The minimum atomic E-state index is -0.00350. The molecule has 1 amide bonds. The minimum absolute atomic E-state index is 0.00350. The highest BCUT2D eigenvalue weighted by molar-refractivity contribution is 5.78. The SMILES string of the molecule is N#Cc1ccc(OCC(=O)N2CCCC[C@@H]2Cn2cccn2)cc1. The van der Waals surface area contributed by atoms with Gasteiger partial charge in [0.1, 0.15) is 5.75 Å². The molecule has 0 unspecified atom stereocenters. The minimum Gasteiger partial charge on any atom is -0.484 e. The van der Waals surface area contributed by atoms with Gasteiger partial charge in [-0.2, -0.15) is 10.4 Å². The molecule has 0 saturated carbocycles. The van der Waals surface area contributed by atoms with Crippen molar-refractivity contribution in [2.45, 2.75) is 31.8 Å². The second-order valence-electron chi connectivity index (χ2n) is 5.89. The van der Waals surface area contributed by atoms with E-state index in [1.807, 2.05) is 21.8 Å². The summed E-state index contributed by atoms with van der Waals surface area (Å²) in [6, 6.07) is 10.9. The van der Waals surface area contributed by atoms with E-state index in [9.17, 15) is 4.79 Å². The normalized spacial score (nSPS) is 17.3. The number of nitrogens with zero attached hydrogens (tertiary/aromatic N) is 4. The Balaban J connectivity index is 1.58. The van der Waals surface area contributed by atoms with Crippen molar-refractivity contribution >= 4 is 5.91 Å². The molecule has 1 aliphatic rings. The van der Waals surface area contributed by atoms with Crippen molar-refractivity contribution in [2.24, 2.45) is 0 Å². The fourth-order valence-electron chi connectivity index (χ4n) is 3.00. The molecule has 3 rings (SSSR count). The molecule has 0 radical (unpaired) electrons. The van der Waals surface area contributed by atoms with Gasteiger partial charge in [0.15, 0.2) is 6.61 Å². The highest BCUT2D eigenvalue weighted by Crippen LogP contribution is 2.19. The molecule has 1 saturated heterocycles. The second kappa shape index (κ2) is 7.64. The number of hydrogen-bond donors (Lipinski definition) is 0. The first-order chi connectivity index (χ1) is 11.8. The van der Waals surface area contributed by atoms with Crippen LogP contribution in [-0.2, 0) is 11.3 Å². The molecule has 0 N–H and O–H groups in total.